The van der Waals surface area contributed by atoms with E-state index in [-0.39, 0.29) is 0 Å². The minimum Gasteiger partial charge on any atom is -0.496 e. The number of ether oxygens (including phenoxy) is 1. The van der Waals surface area contributed by atoms with E-state index in [1.807, 2.05) is 25.2 Å². The zero-order valence-corrected chi connectivity index (χ0v) is 14.6. The summed E-state index contributed by atoms with van der Waals surface area (Å²) in [5.74, 6) is 3.10. The van der Waals surface area contributed by atoms with Crippen LogP contribution in [-0.2, 0) is 6.42 Å². The Morgan fingerprint density at radius 1 is 1.36 bits per heavy atom. The molecule has 0 amide bonds. The van der Waals surface area contributed by atoms with Gasteiger partial charge in [0.1, 0.15) is 5.75 Å². The molecule has 22 heavy (non-hydrogen) atoms. The van der Waals surface area contributed by atoms with Crippen molar-refractivity contribution in [1.82, 2.24) is 10.6 Å². The van der Waals surface area contributed by atoms with E-state index in [0.29, 0.717) is 4.75 Å². The Bertz CT molecular complexity index is 498. The lowest BCUT2D eigenvalue weighted by Gasteiger charge is -2.24. The van der Waals surface area contributed by atoms with E-state index < -0.39 is 0 Å². The van der Waals surface area contributed by atoms with Crippen molar-refractivity contribution >= 4 is 17.7 Å². The van der Waals surface area contributed by atoms with Gasteiger partial charge in [-0.25, -0.2) is 0 Å². The van der Waals surface area contributed by atoms with Crippen molar-refractivity contribution in [1.29, 1.82) is 0 Å². The van der Waals surface area contributed by atoms with Crippen LogP contribution >= 0.6 is 11.8 Å². The van der Waals surface area contributed by atoms with Crippen LogP contribution in [0, 0.1) is 0 Å². The van der Waals surface area contributed by atoms with Crippen LogP contribution in [0.4, 0.5) is 0 Å². The third-order valence-electron chi connectivity index (χ3n) is 4.03. The van der Waals surface area contributed by atoms with E-state index in [1.54, 1.807) is 7.11 Å². The molecule has 1 atom stereocenters. The van der Waals surface area contributed by atoms with Gasteiger partial charge in [-0.1, -0.05) is 18.2 Å². The number of benzene rings is 1. The number of aliphatic imine (C=N–C) groups is 1. The van der Waals surface area contributed by atoms with Crippen molar-refractivity contribution in [3.63, 3.8) is 0 Å². The smallest absolute Gasteiger partial charge is 0.191 e. The van der Waals surface area contributed by atoms with E-state index in [4.69, 9.17) is 4.74 Å². The standard InChI is InChI=1S/C17H27N3OS/c1-17(10-6-12-22-17)13-20-16(18-2)19-11-9-14-7-4-5-8-15(14)21-3/h4-5,7-8H,6,9-13H2,1-3H3,(H2,18,19,20). The van der Waals surface area contributed by atoms with Crippen molar-refractivity contribution in [2.75, 3.05) is 33.0 Å². The molecule has 1 aromatic rings. The topological polar surface area (TPSA) is 45.7 Å². The van der Waals surface area contributed by atoms with Gasteiger partial charge in [0, 0.05) is 24.9 Å². The van der Waals surface area contributed by atoms with Crippen molar-refractivity contribution < 1.29 is 4.74 Å². The highest BCUT2D eigenvalue weighted by Gasteiger charge is 2.29. The summed E-state index contributed by atoms with van der Waals surface area (Å²) in [6.07, 6.45) is 3.52. The summed E-state index contributed by atoms with van der Waals surface area (Å²) in [4.78, 5) is 4.31. The Balaban J connectivity index is 1.77. The first-order valence-corrected chi connectivity index (χ1v) is 8.86. The van der Waals surface area contributed by atoms with Gasteiger partial charge < -0.3 is 15.4 Å². The van der Waals surface area contributed by atoms with Crippen LogP contribution in [0.1, 0.15) is 25.3 Å². The van der Waals surface area contributed by atoms with Crippen molar-refractivity contribution in [2.24, 2.45) is 4.99 Å². The first-order valence-electron chi connectivity index (χ1n) is 7.87. The first kappa shape index (κ1) is 17.0. The first-order chi connectivity index (χ1) is 10.7. The molecule has 1 heterocycles. The summed E-state index contributed by atoms with van der Waals surface area (Å²) in [6, 6.07) is 8.15. The SMILES string of the molecule is CN=C(NCCc1ccccc1OC)NCC1(C)CCCS1. The minimum atomic E-state index is 0.347. The van der Waals surface area contributed by atoms with Gasteiger partial charge in [0.25, 0.3) is 0 Å². The van der Waals surface area contributed by atoms with Crippen LogP contribution in [0.5, 0.6) is 5.75 Å². The van der Waals surface area contributed by atoms with Gasteiger partial charge in [-0.3, -0.25) is 4.99 Å². The number of hydrogen-bond acceptors (Lipinski definition) is 3. The fourth-order valence-corrected chi connectivity index (χ4v) is 3.94. The molecule has 1 saturated heterocycles. The molecular formula is C17H27N3OS. The maximum atomic E-state index is 5.38. The van der Waals surface area contributed by atoms with E-state index in [2.05, 4.69) is 40.4 Å². The van der Waals surface area contributed by atoms with Crippen LogP contribution in [0.2, 0.25) is 0 Å². The van der Waals surface area contributed by atoms with Crippen LogP contribution in [0.25, 0.3) is 0 Å². The molecule has 1 aromatic carbocycles. The maximum Gasteiger partial charge on any atom is 0.191 e. The molecule has 1 aliphatic rings. The van der Waals surface area contributed by atoms with Crippen LogP contribution < -0.4 is 15.4 Å². The van der Waals surface area contributed by atoms with Gasteiger partial charge in [-0.05, 0) is 43.6 Å². The fourth-order valence-electron chi connectivity index (χ4n) is 2.69. The molecule has 1 unspecified atom stereocenters. The Hall–Kier alpha value is -1.36. The second kappa shape index (κ2) is 8.32. The number of hydrogen-bond donors (Lipinski definition) is 2. The lowest BCUT2D eigenvalue weighted by Crippen LogP contribution is -2.44. The highest BCUT2D eigenvalue weighted by Crippen LogP contribution is 2.36. The van der Waals surface area contributed by atoms with Crippen molar-refractivity contribution in [3.8, 4) is 5.75 Å². The van der Waals surface area contributed by atoms with E-state index in [1.165, 1.54) is 24.2 Å². The summed E-state index contributed by atoms with van der Waals surface area (Å²) in [5.41, 5.74) is 1.21. The molecule has 0 saturated carbocycles. The Morgan fingerprint density at radius 2 is 2.18 bits per heavy atom. The largest absolute Gasteiger partial charge is 0.496 e. The molecule has 2 N–H and O–H groups in total. The summed E-state index contributed by atoms with van der Waals surface area (Å²) < 4.78 is 5.73. The molecule has 5 heteroatoms. The Labute approximate surface area is 138 Å². The molecule has 1 aliphatic heterocycles. The van der Waals surface area contributed by atoms with Gasteiger partial charge in [-0.15, -0.1) is 0 Å². The lowest BCUT2D eigenvalue weighted by atomic mass is 10.1. The Morgan fingerprint density at radius 3 is 2.86 bits per heavy atom. The second-order valence-electron chi connectivity index (χ2n) is 5.82. The molecule has 0 bridgehead atoms. The van der Waals surface area contributed by atoms with E-state index in [0.717, 1.165) is 31.2 Å². The lowest BCUT2D eigenvalue weighted by molar-refractivity contribution is 0.409. The second-order valence-corrected chi connectivity index (χ2v) is 7.50. The molecule has 0 aromatic heterocycles. The summed E-state index contributed by atoms with van der Waals surface area (Å²) >= 11 is 2.06. The number of rotatable bonds is 6. The van der Waals surface area contributed by atoms with Gasteiger partial charge in [0.2, 0.25) is 0 Å². The van der Waals surface area contributed by atoms with Crippen LogP contribution in [0.15, 0.2) is 29.3 Å². The number of nitrogens with zero attached hydrogens (tertiary/aromatic N) is 1. The predicted octanol–water partition coefficient (Wildman–Crippen LogP) is 2.69. The normalized spacial score (nSPS) is 21.7. The van der Waals surface area contributed by atoms with Gasteiger partial charge in [0.05, 0.1) is 7.11 Å². The maximum absolute atomic E-state index is 5.38. The van der Waals surface area contributed by atoms with Gasteiger partial charge in [0.15, 0.2) is 5.96 Å². The van der Waals surface area contributed by atoms with Crippen LogP contribution in [-0.4, -0.2) is 43.7 Å². The minimum absolute atomic E-state index is 0.347. The van der Waals surface area contributed by atoms with Gasteiger partial charge in [-0.2, -0.15) is 11.8 Å². The number of methoxy groups -OCH3 is 1. The predicted molar refractivity (Wildman–Crippen MR) is 96.2 cm³/mol. The van der Waals surface area contributed by atoms with Crippen LogP contribution in [0.3, 0.4) is 0 Å². The molecule has 0 radical (unpaired) electrons. The average Bonchev–Trinajstić information content (AvgIpc) is 2.98. The summed E-state index contributed by atoms with van der Waals surface area (Å²) in [6.45, 7) is 4.13. The molecule has 0 spiro atoms. The monoisotopic (exact) mass is 321 g/mol. The zero-order chi connectivity index (χ0) is 15.8. The zero-order valence-electron chi connectivity index (χ0n) is 13.8. The molecule has 4 nitrogen and oxygen atoms in total. The summed E-state index contributed by atoms with van der Waals surface area (Å²) in [7, 11) is 3.54. The molecule has 0 aliphatic carbocycles. The van der Waals surface area contributed by atoms with Gasteiger partial charge >= 0.3 is 0 Å². The number of guanidine groups is 1. The average molecular weight is 321 g/mol. The third-order valence-corrected chi connectivity index (χ3v) is 5.57. The molecular weight excluding hydrogens is 294 g/mol. The van der Waals surface area contributed by atoms with Crippen molar-refractivity contribution in [2.45, 2.75) is 30.9 Å². The summed E-state index contributed by atoms with van der Waals surface area (Å²) in [5, 5.41) is 6.84. The van der Waals surface area contributed by atoms with E-state index >= 15 is 0 Å². The molecule has 1 fully saturated rings. The van der Waals surface area contributed by atoms with E-state index in [9.17, 15) is 0 Å². The quantitative estimate of drug-likeness (QED) is 0.625. The fraction of sp³-hybridized carbons (Fsp3) is 0.588. The molecule has 122 valence electrons. The third kappa shape index (κ3) is 4.83. The molecule has 2 rings (SSSR count). The highest BCUT2D eigenvalue weighted by molar-refractivity contribution is 8.00. The van der Waals surface area contributed by atoms with Crippen molar-refractivity contribution in [3.05, 3.63) is 29.8 Å². The number of para-hydroxylation sites is 1. The number of thioether (sulfide) groups is 1. The number of nitrogens with one attached hydrogen (secondary N) is 2. The highest BCUT2D eigenvalue weighted by atomic mass is 32.2. The Kier molecular flexibility index (Phi) is 6.43.